The standard InChI is InChI=1S/C35H31ClFN3O5/c1-2-17-39-31(42)25-16-15-23-26(29(25)33(39)44)18-27-32(43)40(38-22-13-11-21(37)12-14-22)34(45)35(27,19-7-9-20(36)10-8-19)30(23)24-5-3-4-6-28(24)41/h3-15,25-27,29-30,38,41H,2,16-18H2,1H3. The molecular formula is C35H31ClFN3O5. The van der Waals surface area contributed by atoms with Crippen molar-refractivity contribution in [1.82, 2.24) is 9.91 Å². The first-order valence-electron chi connectivity index (χ1n) is 15.2. The number of carbonyl (C=O) groups excluding carboxylic acids is 4. The van der Waals surface area contributed by atoms with Crippen LogP contribution in [0.5, 0.6) is 5.75 Å². The van der Waals surface area contributed by atoms with Crippen molar-refractivity contribution in [2.24, 2.45) is 23.7 Å². The molecular weight excluding hydrogens is 597 g/mol. The lowest BCUT2D eigenvalue weighted by molar-refractivity contribution is -0.141. The molecule has 45 heavy (non-hydrogen) atoms. The Labute approximate surface area is 264 Å². The normalized spacial score (nSPS) is 29.0. The summed E-state index contributed by atoms with van der Waals surface area (Å²) in [4.78, 5) is 58.1. The van der Waals surface area contributed by atoms with Gasteiger partial charge in [-0.05, 0) is 73.2 Å². The van der Waals surface area contributed by atoms with Crippen molar-refractivity contribution < 1.29 is 28.7 Å². The number of fused-ring (bicyclic) bond motifs is 4. The van der Waals surface area contributed by atoms with E-state index in [0.29, 0.717) is 41.2 Å². The van der Waals surface area contributed by atoms with Crippen molar-refractivity contribution >= 4 is 40.9 Å². The van der Waals surface area contributed by atoms with Crippen LogP contribution in [0.1, 0.15) is 43.2 Å². The lowest BCUT2D eigenvalue weighted by Gasteiger charge is -2.50. The summed E-state index contributed by atoms with van der Waals surface area (Å²) in [5.74, 6) is -5.58. The highest BCUT2D eigenvalue weighted by molar-refractivity contribution is 6.30. The van der Waals surface area contributed by atoms with Gasteiger partial charge in [-0.15, -0.1) is 0 Å². The minimum absolute atomic E-state index is 0.0510. The van der Waals surface area contributed by atoms with Crippen molar-refractivity contribution in [1.29, 1.82) is 0 Å². The zero-order valence-electron chi connectivity index (χ0n) is 24.5. The molecule has 4 aliphatic rings. The first-order valence-corrected chi connectivity index (χ1v) is 15.6. The van der Waals surface area contributed by atoms with Crippen molar-refractivity contribution in [2.45, 2.75) is 37.5 Å². The van der Waals surface area contributed by atoms with Crippen LogP contribution >= 0.6 is 11.6 Å². The van der Waals surface area contributed by atoms with Gasteiger partial charge in [-0.3, -0.25) is 29.5 Å². The van der Waals surface area contributed by atoms with E-state index < -0.39 is 52.6 Å². The zero-order valence-corrected chi connectivity index (χ0v) is 25.2. The number of nitrogens with zero attached hydrogens (tertiary/aromatic N) is 2. The molecule has 1 saturated carbocycles. The zero-order chi connectivity index (χ0) is 31.6. The van der Waals surface area contributed by atoms with E-state index in [9.17, 15) is 28.7 Å². The highest BCUT2D eigenvalue weighted by Crippen LogP contribution is 2.64. The number of benzene rings is 3. The number of amides is 4. The number of aromatic hydroxyl groups is 1. The van der Waals surface area contributed by atoms with Gasteiger partial charge in [0.05, 0.1) is 28.9 Å². The smallest absolute Gasteiger partial charge is 0.260 e. The Bertz CT molecular complexity index is 1760. The molecule has 8 nitrogen and oxygen atoms in total. The van der Waals surface area contributed by atoms with Crippen LogP contribution in [0, 0.1) is 29.5 Å². The van der Waals surface area contributed by atoms with Crippen LogP contribution in [-0.2, 0) is 24.6 Å². The molecule has 3 aromatic carbocycles. The average molecular weight is 628 g/mol. The minimum Gasteiger partial charge on any atom is -0.508 e. The molecule has 0 aromatic heterocycles. The average Bonchev–Trinajstić information content (AvgIpc) is 3.40. The summed E-state index contributed by atoms with van der Waals surface area (Å²) < 4.78 is 13.7. The molecule has 7 rings (SSSR count). The fourth-order valence-electron chi connectivity index (χ4n) is 8.24. The summed E-state index contributed by atoms with van der Waals surface area (Å²) in [6.45, 7) is 2.23. The third-order valence-corrected chi connectivity index (χ3v) is 10.3. The molecule has 3 aromatic rings. The van der Waals surface area contributed by atoms with Gasteiger partial charge < -0.3 is 5.11 Å². The highest BCUT2D eigenvalue weighted by Gasteiger charge is 2.70. The summed E-state index contributed by atoms with van der Waals surface area (Å²) in [6.07, 6.45) is 3.03. The second-order valence-electron chi connectivity index (χ2n) is 12.3. The third kappa shape index (κ3) is 4.24. The molecule has 3 fully saturated rings. The van der Waals surface area contributed by atoms with E-state index in [1.54, 1.807) is 48.5 Å². The molecule has 0 bridgehead atoms. The van der Waals surface area contributed by atoms with Crippen molar-refractivity contribution in [3.05, 3.63) is 106 Å². The fourth-order valence-corrected chi connectivity index (χ4v) is 8.37. The Morgan fingerprint density at radius 2 is 1.64 bits per heavy atom. The van der Waals surface area contributed by atoms with Crippen LogP contribution in [0.4, 0.5) is 10.1 Å². The number of hydrazine groups is 1. The van der Waals surface area contributed by atoms with Gasteiger partial charge in [-0.25, -0.2) is 4.39 Å². The maximum Gasteiger partial charge on any atom is 0.260 e. The van der Waals surface area contributed by atoms with Gasteiger partial charge in [-0.2, -0.15) is 5.01 Å². The number of allylic oxidation sites excluding steroid dienone is 2. The molecule has 10 heteroatoms. The van der Waals surface area contributed by atoms with Crippen LogP contribution in [0.25, 0.3) is 0 Å². The molecule has 2 aliphatic carbocycles. The Hall–Kier alpha value is -4.50. The largest absolute Gasteiger partial charge is 0.508 e. The van der Waals surface area contributed by atoms with Crippen LogP contribution < -0.4 is 5.43 Å². The summed E-state index contributed by atoms with van der Waals surface area (Å²) in [6, 6.07) is 18.8. The number of anilines is 1. The molecule has 2 N–H and O–H groups in total. The number of halogens is 2. The SMILES string of the molecule is CCCN1C(=O)C2CC=C3C(CC4C(=O)N(Nc5ccc(F)cc5)C(=O)C4(c4ccc(Cl)cc4)C3c3ccccc3O)C2C1=O. The monoisotopic (exact) mass is 627 g/mol. The number of carbonyl (C=O) groups is 4. The van der Waals surface area contributed by atoms with E-state index in [1.807, 2.05) is 13.0 Å². The van der Waals surface area contributed by atoms with Crippen molar-refractivity contribution in [3.8, 4) is 5.75 Å². The van der Waals surface area contributed by atoms with E-state index >= 15 is 0 Å². The minimum atomic E-state index is -1.53. The van der Waals surface area contributed by atoms with E-state index in [1.165, 1.54) is 29.2 Å². The first kappa shape index (κ1) is 29.2. The van der Waals surface area contributed by atoms with Gasteiger partial charge in [0.15, 0.2) is 0 Å². The number of hydrogen-bond acceptors (Lipinski definition) is 6. The van der Waals surface area contributed by atoms with Crippen LogP contribution in [0.3, 0.4) is 0 Å². The highest BCUT2D eigenvalue weighted by atomic mass is 35.5. The van der Waals surface area contributed by atoms with Crippen LogP contribution in [0.15, 0.2) is 84.4 Å². The predicted molar refractivity (Wildman–Crippen MR) is 164 cm³/mol. The maximum atomic E-state index is 15.0. The quantitative estimate of drug-likeness (QED) is 0.273. The number of phenols is 1. The van der Waals surface area contributed by atoms with Gasteiger partial charge in [0.2, 0.25) is 11.8 Å². The molecule has 0 radical (unpaired) electrons. The number of phenolic OH excluding ortho intramolecular Hbond substituents is 1. The van der Waals surface area contributed by atoms with Gasteiger partial charge in [-0.1, -0.05) is 60.5 Å². The lowest BCUT2D eigenvalue weighted by Crippen LogP contribution is -2.53. The first-order chi connectivity index (χ1) is 21.7. The topological polar surface area (TPSA) is 107 Å². The number of rotatable bonds is 6. The summed E-state index contributed by atoms with van der Waals surface area (Å²) >= 11 is 6.29. The molecule has 230 valence electrons. The van der Waals surface area contributed by atoms with E-state index in [4.69, 9.17) is 11.6 Å². The maximum absolute atomic E-state index is 15.0. The molecule has 0 spiro atoms. The van der Waals surface area contributed by atoms with E-state index in [2.05, 4.69) is 5.43 Å². The Balaban J connectivity index is 1.45. The Kier molecular flexibility index (Phi) is 7.04. The second-order valence-corrected chi connectivity index (χ2v) is 12.7. The van der Waals surface area contributed by atoms with Gasteiger partial charge >= 0.3 is 0 Å². The molecule has 2 saturated heterocycles. The Morgan fingerprint density at radius 1 is 0.933 bits per heavy atom. The summed E-state index contributed by atoms with van der Waals surface area (Å²) in [7, 11) is 0. The van der Waals surface area contributed by atoms with E-state index in [-0.39, 0.29) is 24.0 Å². The van der Waals surface area contributed by atoms with Gasteiger partial charge in [0.1, 0.15) is 11.6 Å². The molecule has 4 amide bonds. The predicted octanol–water partition coefficient (Wildman–Crippen LogP) is 5.58. The summed E-state index contributed by atoms with van der Waals surface area (Å²) in [5.41, 5.74) is 3.46. The van der Waals surface area contributed by atoms with Crippen LogP contribution in [0.2, 0.25) is 5.02 Å². The third-order valence-electron chi connectivity index (χ3n) is 10.0. The van der Waals surface area contributed by atoms with Crippen molar-refractivity contribution in [3.63, 3.8) is 0 Å². The molecule has 6 atom stereocenters. The van der Waals surface area contributed by atoms with E-state index in [0.717, 1.165) is 10.6 Å². The molecule has 2 heterocycles. The second kappa shape index (κ2) is 10.8. The molecule has 6 unspecified atom stereocenters. The fraction of sp³-hybridized carbons (Fsp3) is 0.314. The number of nitrogens with one attached hydrogen (secondary N) is 1. The number of para-hydroxylation sites is 1. The van der Waals surface area contributed by atoms with Crippen LogP contribution in [-0.4, -0.2) is 45.2 Å². The van der Waals surface area contributed by atoms with Crippen molar-refractivity contribution in [2.75, 3.05) is 12.0 Å². The van der Waals surface area contributed by atoms with Gasteiger partial charge in [0.25, 0.3) is 11.8 Å². The lowest BCUT2D eigenvalue weighted by atomic mass is 9.49. The van der Waals surface area contributed by atoms with Gasteiger partial charge in [0, 0.05) is 23.0 Å². The number of likely N-dealkylation sites (tertiary alicyclic amines) is 1. The molecule has 2 aliphatic heterocycles. The number of hydrogen-bond donors (Lipinski definition) is 2. The summed E-state index contributed by atoms with van der Waals surface area (Å²) in [5, 5.41) is 12.7. The Morgan fingerprint density at radius 3 is 2.33 bits per heavy atom. The number of imide groups is 2.